The van der Waals surface area contributed by atoms with Gasteiger partial charge in [0, 0.05) is 18.7 Å². The second-order valence-corrected chi connectivity index (χ2v) is 5.75. The first kappa shape index (κ1) is 12.6. The number of carbonyl (C=O) groups is 1. The van der Waals surface area contributed by atoms with Crippen molar-refractivity contribution < 1.29 is 9.90 Å². The van der Waals surface area contributed by atoms with Gasteiger partial charge < -0.3 is 10.0 Å². The minimum Gasteiger partial charge on any atom is -0.478 e. The Kier molecular flexibility index (Phi) is 3.30. The van der Waals surface area contributed by atoms with Crippen LogP contribution in [0.3, 0.4) is 0 Å². The SMILES string of the molecule is CCC(C(=O)O)=C1C2CN(C)CC1[C@H](C)[C@H]2C. The lowest BCUT2D eigenvalue weighted by Gasteiger charge is -2.33. The van der Waals surface area contributed by atoms with Crippen LogP contribution in [0.15, 0.2) is 11.1 Å². The van der Waals surface area contributed by atoms with Crippen LogP contribution in [0.2, 0.25) is 0 Å². The van der Waals surface area contributed by atoms with Crippen molar-refractivity contribution in [1.82, 2.24) is 4.90 Å². The number of likely N-dealkylation sites (tertiary alicyclic amines) is 1. The molecule has 1 saturated carbocycles. The van der Waals surface area contributed by atoms with E-state index in [0.29, 0.717) is 35.7 Å². The van der Waals surface area contributed by atoms with E-state index < -0.39 is 5.97 Å². The average molecular weight is 237 g/mol. The number of hydrogen-bond acceptors (Lipinski definition) is 2. The van der Waals surface area contributed by atoms with Crippen molar-refractivity contribution in [3.63, 3.8) is 0 Å². The van der Waals surface area contributed by atoms with E-state index in [4.69, 9.17) is 0 Å². The Morgan fingerprint density at radius 2 is 1.76 bits per heavy atom. The highest BCUT2D eigenvalue weighted by atomic mass is 16.4. The zero-order valence-electron chi connectivity index (χ0n) is 11.2. The highest BCUT2D eigenvalue weighted by molar-refractivity contribution is 5.87. The number of carboxylic acid groups (broad SMARTS) is 1. The van der Waals surface area contributed by atoms with Crippen molar-refractivity contribution >= 4 is 5.97 Å². The predicted octanol–water partition coefficient (Wildman–Crippen LogP) is 2.24. The van der Waals surface area contributed by atoms with E-state index in [2.05, 4.69) is 25.8 Å². The molecule has 4 atom stereocenters. The van der Waals surface area contributed by atoms with Gasteiger partial charge in [-0.25, -0.2) is 4.79 Å². The van der Waals surface area contributed by atoms with Gasteiger partial charge in [-0.2, -0.15) is 0 Å². The fourth-order valence-corrected chi connectivity index (χ4v) is 3.78. The molecule has 1 heterocycles. The lowest BCUT2D eigenvalue weighted by Crippen LogP contribution is -2.37. The second-order valence-electron chi connectivity index (χ2n) is 5.75. The van der Waals surface area contributed by atoms with Gasteiger partial charge in [0.25, 0.3) is 0 Å². The van der Waals surface area contributed by atoms with Gasteiger partial charge in [0.1, 0.15) is 0 Å². The molecule has 0 radical (unpaired) electrons. The zero-order chi connectivity index (χ0) is 12.7. The number of hydrogen-bond donors (Lipinski definition) is 1. The minimum absolute atomic E-state index is 0.458. The molecule has 2 aliphatic rings. The van der Waals surface area contributed by atoms with Gasteiger partial charge in [-0.15, -0.1) is 0 Å². The molecule has 2 bridgehead atoms. The molecule has 1 saturated heterocycles. The summed E-state index contributed by atoms with van der Waals surface area (Å²) in [6.07, 6.45) is 0.654. The van der Waals surface area contributed by atoms with E-state index in [1.54, 1.807) is 0 Å². The summed E-state index contributed by atoms with van der Waals surface area (Å²) in [5, 5.41) is 9.36. The molecule has 3 nitrogen and oxygen atoms in total. The number of fused-ring (bicyclic) bond motifs is 2. The molecule has 0 aromatic carbocycles. The zero-order valence-corrected chi connectivity index (χ0v) is 11.2. The third kappa shape index (κ3) is 1.90. The van der Waals surface area contributed by atoms with Crippen LogP contribution in [-0.4, -0.2) is 36.1 Å². The summed E-state index contributed by atoms with van der Waals surface area (Å²) in [6, 6.07) is 0. The van der Waals surface area contributed by atoms with E-state index in [0.717, 1.165) is 13.1 Å². The van der Waals surface area contributed by atoms with E-state index in [1.165, 1.54) is 5.57 Å². The molecule has 0 aromatic rings. The summed E-state index contributed by atoms with van der Waals surface area (Å²) in [6.45, 7) is 8.57. The molecule has 17 heavy (non-hydrogen) atoms. The monoisotopic (exact) mass is 237 g/mol. The van der Waals surface area contributed by atoms with E-state index in [-0.39, 0.29) is 0 Å². The van der Waals surface area contributed by atoms with Gasteiger partial charge in [-0.05, 0) is 37.1 Å². The highest BCUT2D eigenvalue weighted by Gasteiger charge is 2.47. The maximum Gasteiger partial charge on any atom is 0.331 e. The Hall–Kier alpha value is -0.830. The Bertz CT molecular complexity index is 341. The third-order valence-corrected chi connectivity index (χ3v) is 4.87. The molecule has 2 rings (SSSR count). The molecule has 2 unspecified atom stereocenters. The van der Waals surface area contributed by atoms with Crippen LogP contribution in [0.4, 0.5) is 0 Å². The van der Waals surface area contributed by atoms with Crippen LogP contribution in [0, 0.1) is 23.7 Å². The fraction of sp³-hybridized carbons (Fsp3) is 0.786. The lowest BCUT2D eigenvalue weighted by atomic mass is 9.85. The largest absolute Gasteiger partial charge is 0.478 e. The lowest BCUT2D eigenvalue weighted by molar-refractivity contribution is -0.132. The Labute approximate surface area is 103 Å². The van der Waals surface area contributed by atoms with Gasteiger partial charge in [0.15, 0.2) is 0 Å². The van der Waals surface area contributed by atoms with Gasteiger partial charge in [0.2, 0.25) is 0 Å². The van der Waals surface area contributed by atoms with E-state index in [1.807, 2.05) is 6.92 Å². The van der Waals surface area contributed by atoms with E-state index in [9.17, 15) is 9.90 Å². The average Bonchev–Trinajstić information content (AvgIpc) is 2.42. The Balaban J connectivity index is 2.46. The first-order valence-electron chi connectivity index (χ1n) is 6.62. The smallest absolute Gasteiger partial charge is 0.331 e. The highest BCUT2D eigenvalue weighted by Crippen LogP contribution is 2.50. The number of rotatable bonds is 2. The molecule has 0 spiro atoms. The van der Waals surface area contributed by atoms with Crippen molar-refractivity contribution in [3.05, 3.63) is 11.1 Å². The van der Waals surface area contributed by atoms with Crippen molar-refractivity contribution in [2.24, 2.45) is 23.7 Å². The summed E-state index contributed by atoms with van der Waals surface area (Å²) in [7, 11) is 2.15. The number of piperidine rings is 1. The van der Waals surface area contributed by atoms with Crippen LogP contribution in [0.1, 0.15) is 27.2 Å². The molecule has 3 heteroatoms. The maximum atomic E-state index is 11.4. The molecular formula is C14H23NO2. The van der Waals surface area contributed by atoms with Crippen molar-refractivity contribution in [2.75, 3.05) is 20.1 Å². The van der Waals surface area contributed by atoms with Crippen LogP contribution in [0.25, 0.3) is 0 Å². The predicted molar refractivity (Wildman–Crippen MR) is 67.8 cm³/mol. The summed E-state index contributed by atoms with van der Waals surface area (Å²) in [5.74, 6) is 1.43. The standard InChI is InChI=1S/C14H23NO2/c1-5-10(14(16)17)13-11-6-15(4)7-12(13)9(3)8(11)2/h8-9,11-12H,5-7H2,1-4H3,(H,16,17)/t8-,9-,11?,12?/m1/s1. The fourth-order valence-electron chi connectivity index (χ4n) is 3.78. The first-order valence-corrected chi connectivity index (χ1v) is 6.62. The molecular weight excluding hydrogens is 214 g/mol. The van der Waals surface area contributed by atoms with Crippen molar-refractivity contribution in [2.45, 2.75) is 27.2 Å². The molecule has 1 aliphatic heterocycles. The summed E-state index contributed by atoms with van der Waals surface area (Å²) in [4.78, 5) is 13.7. The summed E-state index contributed by atoms with van der Waals surface area (Å²) >= 11 is 0. The Morgan fingerprint density at radius 3 is 2.12 bits per heavy atom. The van der Waals surface area contributed by atoms with Gasteiger partial charge in [-0.1, -0.05) is 26.3 Å². The summed E-state index contributed by atoms with van der Waals surface area (Å²) in [5.41, 5.74) is 1.95. The van der Waals surface area contributed by atoms with E-state index >= 15 is 0 Å². The topological polar surface area (TPSA) is 40.5 Å². The van der Waals surface area contributed by atoms with Crippen LogP contribution in [0.5, 0.6) is 0 Å². The van der Waals surface area contributed by atoms with Gasteiger partial charge >= 0.3 is 5.97 Å². The number of nitrogens with zero attached hydrogens (tertiary/aromatic N) is 1. The normalized spacial score (nSPS) is 37.3. The summed E-state index contributed by atoms with van der Waals surface area (Å²) < 4.78 is 0. The molecule has 2 fully saturated rings. The molecule has 1 N–H and O–H groups in total. The molecule has 0 amide bonds. The first-order chi connectivity index (χ1) is 7.97. The minimum atomic E-state index is -0.705. The van der Waals surface area contributed by atoms with Gasteiger partial charge in [-0.3, -0.25) is 0 Å². The Morgan fingerprint density at radius 1 is 1.29 bits per heavy atom. The third-order valence-electron chi connectivity index (χ3n) is 4.87. The van der Waals surface area contributed by atoms with Gasteiger partial charge in [0.05, 0.1) is 0 Å². The molecule has 1 aliphatic carbocycles. The molecule has 0 aromatic heterocycles. The second kappa shape index (κ2) is 4.45. The number of carboxylic acids is 1. The number of aliphatic carboxylic acids is 1. The van der Waals surface area contributed by atoms with Crippen LogP contribution < -0.4 is 0 Å². The quantitative estimate of drug-likeness (QED) is 0.749. The van der Waals surface area contributed by atoms with Crippen LogP contribution >= 0.6 is 0 Å². The molecule has 96 valence electrons. The van der Waals surface area contributed by atoms with Crippen molar-refractivity contribution in [3.8, 4) is 0 Å². The van der Waals surface area contributed by atoms with Crippen molar-refractivity contribution in [1.29, 1.82) is 0 Å². The van der Waals surface area contributed by atoms with Crippen LogP contribution in [-0.2, 0) is 4.79 Å². The maximum absolute atomic E-state index is 11.4.